The van der Waals surface area contributed by atoms with E-state index in [0.717, 1.165) is 11.3 Å². The first-order chi connectivity index (χ1) is 6.69. The first kappa shape index (κ1) is 10.9. The smallest absolute Gasteiger partial charge is 0.0788 e. The van der Waals surface area contributed by atoms with Crippen molar-refractivity contribution in [3.8, 4) is 12.3 Å². The standard InChI is InChI=1S/C11H12ClNO/c1-3-6-13(2)11-7-10(12)5-4-9(11)8-14/h1,4-5,7,14H,6,8H2,2H3. The summed E-state index contributed by atoms with van der Waals surface area (Å²) in [7, 11) is 1.87. The van der Waals surface area contributed by atoms with Gasteiger partial charge in [0.25, 0.3) is 0 Å². The molecular weight excluding hydrogens is 198 g/mol. The largest absolute Gasteiger partial charge is 0.392 e. The van der Waals surface area contributed by atoms with Crippen molar-refractivity contribution >= 4 is 17.3 Å². The Morgan fingerprint density at radius 1 is 1.57 bits per heavy atom. The van der Waals surface area contributed by atoms with Gasteiger partial charge < -0.3 is 10.0 Å². The lowest BCUT2D eigenvalue weighted by Gasteiger charge is -2.19. The second-order valence-corrected chi connectivity index (χ2v) is 3.43. The third kappa shape index (κ3) is 2.41. The molecule has 0 aliphatic carbocycles. The van der Waals surface area contributed by atoms with Crippen molar-refractivity contribution < 1.29 is 5.11 Å². The summed E-state index contributed by atoms with van der Waals surface area (Å²) in [5.74, 6) is 2.54. The molecule has 0 atom stereocenters. The van der Waals surface area contributed by atoms with Gasteiger partial charge in [-0.15, -0.1) is 6.42 Å². The van der Waals surface area contributed by atoms with E-state index in [2.05, 4.69) is 5.92 Å². The van der Waals surface area contributed by atoms with Crippen molar-refractivity contribution in [2.24, 2.45) is 0 Å². The summed E-state index contributed by atoms with van der Waals surface area (Å²) in [6.07, 6.45) is 5.21. The van der Waals surface area contributed by atoms with Gasteiger partial charge in [-0.2, -0.15) is 0 Å². The number of aliphatic hydroxyl groups is 1. The van der Waals surface area contributed by atoms with E-state index < -0.39 is 0 Å². The summed E-state index contributed by atoms with van der Waals surface area (Å²) < 4.78 is 0. The summed E-state index contributed by atoms with van der Waals surface area (Å²) in [6.45, 7) is 0.481. The molecule has 0 spiro atoms. The number of nitrogens with zero attached hydrogens (tertiary/aromatic N) is 1. The zero-order valence-electron chi connectivity index (χ0n) is 8.00. The molecule has 2 nitrogen and oxygen atoms in total. The van der Waals surface area contributed by atoms with Gasteiger partial charge in [0.2, 0.25) is 0 Å². The van der Waals surface area contributed by atoms with Crippen LogP contribution in [0.25, 0.3) is 0 Å². The van der Waals surface area contributed by atoms with E-state index in [4.69, 9.17) is 23.1 Å². The zero-order chi connectivity index (χ0) is 10.6. The monoisotopic (exact) mass is 209 g/mol. The molecule has 14 heavy (non-hydrogen) atoms. The van der Waals surface area contributed by atoms with Crippen LogP contribution in [0.3, 0.4) is 0 Å². The maximum atomic E-state index is 9.11. The molecule has 0 saturated carbocycles. The fourth-order valence-corrected chi connectivity index (χ4v) is 1.41. The molecule has 0 fully saturated rings. The van der Waals surface area contributed by atoms with E-state index in [1.165, 1.54) is 0 Å². The number of hydrogen-bond acceptors (Lipinski definition) is 2. The number of hydrogen-bond donors (Lipinski definition) is 1. The lowest BCUT2D eigenvalue weighted by molar-refractivity contribution is 0.282. The first-order valence-corrected chi connectivity index (χ1v) is 4.60. The van der Waals surface area contributed by atoms with Crippen molar-refractivity contribution in [3.05, 3.63) is 28.8 Å². The van der Waals surface area contributed by atoms with Gasteiger partial charge >= 0.3 is 0 Å². The van der Waals surface area contributed by atoms with Crippen LogP contribution in [0.15, 0.2) is 18.2 Å². The Morgan fingerprint density at radius 2 is 2.29 bits per heavy atom. The lowest BCUT2D eigenvalue weighted by Crippen LogP contribution is -2.18. The number of benzene rings is 1. The highest BCUT2D eigenvalue weighted by molar-refractivity contribution is 6.30. The van der Waals surface area contributed by atoms with Crippen LogP contribution in [0.1, 0.15) is 5.56 Å². The fourth-order valence-electron chi connectivity index (χ4n) is 1.25. The third-order valence-electron chi connectivity index (χ3n) is 1.96. The highest BCUT2D eigenvalue weighted by atomic mass is 35.5. The van der Waals surface area contributed by atoms with Crippen LogP contribution in [0, 0.1) is 12.3 Å². The summed E-state index contributed by atoms with van der Waals surface area (Å²) in [4.78, 5) is 1.87. The summed E-state index contributed by atoms with van der Waals surface area (Å²) in [5, 5.41) is 9.74. The molecular formula is C11H12ClNO. The van der Waals surface area contributed by atoms with Crippen LogP contribution in [0.5, 0.6) is 0 Å². The van der Waals surface area contributed by atoms with Gasteiger partial charge in [0, 0.05) is 23.3 Å². The maximum absolute atomic E-state index is 9.11. The van der Waals surface area contributed by atoms with Crippen molar-refractivity contribution in [1.82, 2.24) is 0 Å². The van der Waals surface area contributed by atoms with E-state index in [1.54, 1.807) is 18.2 Å². The molecule has 0 aromatic heterocycles. The van der Waals surface area contributed by atoms with E-state index in [0.29, 0.717) is 11.6 Å². The molecule has 0 unspecified atom stereocenters. The number of terminal acetylenes is 1. The van der Waals surface area contributed by atoms with Crippen LogP contribution >= 0.6 is 11.6 Å². The highest BCUT2D eigenvalue weighted by Gasteiger charge is 2.06. The van der Waals surface area contributed by atoms with Gasteiger partial charge in [0.15, 0.2) is 0 Å². The van der Waals surface area contributed by atoms with Gasteiger partial charge in [-0.25, -0.2) is 0 Å². The van der Waals surface area contributed by atoms with Gasteiger partial charge in [0.1, 0.15) is 0 Å². The predicted octanol–water partition coefficient (Wildman–Crippen LogP) is 1.90. The van der Waals surface area contributed by atoms with Gasteiger partial charge in [0.05, 0.1) is 13.2 Å². The molecule has 1 aromatic rings. The van der Waals surface area contributed by atoms with Crippen molar-refractivity contribution in [1.29, 1.82) is 0 Å². The maximum Gasteiger partial charge on any atom is 0.0788 e. The van der Waals surface area contributed by atoms with E-state index >= 15 is 0 Å². The Kier molecular flexibility index (Phi) is 3.82. The molecule has 1 N–H and O–H groups in total. The van der Waals surface area contributed by atoms with Crippen molar-refractivity contribution in [3.63, 3.8) is 0 Å². The molecule has 3 heteroatoms. The number of rotatable bonds is 3. The third-order valence-corrected chi connectivity index (χ3v) is 2.19. The van der Waals surface area contributed by atoms with Crippen molar-refractivity contribution in [2.45, 2.75) is 6.61 Å². The Morgan fingerprint density at radius 3 is 2.86 bits per heavy atom. The van der Waals surface area contributed by atoms with Crippen LogP contribution in [-0.4, -0.2) is 18.7 Å². The van der Waals surface area contributed by atoms with Crippen LogP contribution < -0.4 is 4.90 Å². The molecule has 0 saturated heterocycles. The fraction of sp³-hybridized carbons (Fsp3) is 0.273. The normalized spacial score (nSPS) is 9.57. The van der Waals surface area contributed by atoms with E-state index in [9.17, 15) is 0 Å². The van der Waals surface area contributed by atoms with E-state index in [1.807, 2.05) is 11.9 Å². The van der Waals surface area contributed by atoms with E-state index in [-0.39, 0.29) is 6.61 Å². The molecule has 0 radical (unpaired) electrons. The molecule has 74 valence electrons. The average molecular weight is 210 g/mol. The predicted molar refractivity (Wildman–Crippen MR) is 59.5 cm³/mol. The molecule has 1 rings (SSSR count). The molecule has 0 aliphatic heterocycles. The average Bonchev–Trinajstić information content (AvgIpc) is 2.18. The second-order valence-electron chi connectivity index (χ2n) is 2.99. The van der Waals surface area contributed by atoms with Gasteiger partial charge in [-0.1, -0.05) is 23.6 Å². The van der Waals surface area contributed by atoms with Crippen LogP contribution in [0.4, 0.5) is 5.69 Å². The summed E-state index contributed by atoms with van der Waals surface area (Å²) in [6, 6.07) is 5.34. The van der Waals surface area contributed by atoms with Gasteiger partial charge in [-0.3, -0.25) is 0 Å². The Hall–Kier alpha value is -1.17. The Labute approximate surface area is 89.1 Å². The topological polar surface area (TPSA) is 23.5 Å². The Balaban J connectivity index is 3.04. The number of anilines is 1. The molecule has 0 aliphatic rings. The minimum Gasteiger partial charge on any atom is -0.392 e. The molecule has 0 heterocycles. The van der Waals surface area contributed by atoms with Crippen molar-refractivity contribution in [2.75, 3.05) is 18.5 Å². The molecule has 0 amide bonds. The minimum absolute atomic E-state index is 0.0125. The van der Waals surface area contributed by atoms with Crippen LogP contribution in [-0.2, 0) is 6.61 Å². The molecule has 1 aromatic carbocycles. The Bertz CT molecular complexity index is 357. The zero-order valence-corrected chi connectivity index (χ0v) is 8.75. The number of halogens is 1. The summed E-state index contributed by atoms with van der Waals surface area (Å²) in [5.41, 5.74) is 1.70. The SMILES string of the molecule is C#CCN(C)c1cc(Cl)ccc1CO. The summed E-state index contributed by atoms with van der Waals surface area (Å²) >= 11 is 5.86. The second kappa shape index (κ2) is 4.90. The quantitative estimate of drug-likeness (QED) is 0.769. The molecule has 0 bridgehead atoms. The number of aliphatic hydroxyl groups excluding tert-OH is 1. The lowest BCUT2D eigenvalue weighted by atomic mass is 10.1. The van der Waals surface area contributed by atoms with Gasteiger partial charge in [-0.05, 0) is 12.1 Å². The first-order valence-electron chi connectivity index (χ1n) is 4.23. The minimum atomic E-state index is -0.0125. The van der Waals surface area contributed by atoms with Crippen LogP contribution in [0.2, 0.25) is 5.02 Å². The highest BCUT2D eigenvalue weighted by Crippen LogP contribution is 2.23.